The lowest BCUT2D eigenvalue weighted by molar-refractivity contribution is -0.117. The standard InChI is InChI=1S/C22H23FN2O2/c23-18-10-6-16(7-11-18)20-4-1-2-14-25(20)22(27)17-8-12-19(13-9-17)24-15-3-5-21(24)26/h6-13,20H,1-5,14-15H2/t20-/m1/s1. The number of likely N-dealkylation sites (tertiary alicyclic amines) is 1. The Bertz CT molecular complexity index is 832. The van der Waals surface area contributed by atoms with Gasteiger partial charge in [0.05, 0.1) is 6.04 Å². The molecule has 0 aliphatic carbocycles. The molecular formula is C22H23FN2O2. The zero-order chi connectivity index (χ0) is 18.8. The number of anilines is 1. The van der Waals surface area contributed by atoms with E-state index in [4.69, 9.17) is 0 Å². The van der Waals surface area contributed by atoms with Crippen molar-refractivity contribution in [1.29, 1.82) is 0 Å². The van der Waals surface area contributed by atoms with Crippen LogP contribution >= 0.6 is 0 Å². The lowest BCUT2D eigenvalue weighted by Crippen LogP contribution is -2.38. The van der Waals surface area contributed by atoms with Crippen molar-refractivity contribution in [1.82, 2.24) is 4.90 Å². The van der Waals surface area contributed by atoms with E-state index in [1.165, 1.54) is 12.1 Å². The fourth-order valence-electron chi connectivity index (χ4n) is 4.08. The third-order valence-corrected chi connectivity index (χ3v) is 5.52. The number of halogens is 1. The van der Waals surface area contributed by atoms with Gasteiger partial charge >= 0.3 is 0 Å². The van der Waals surface area contributed by atoms with Gasteiger partial charge in [0.25, 0.3) is 5.91 Å². The van der Waals surface area contributed by atoms with E-state index in [2.05, 4.69) is 0 Å². The molecule has 2 aromatic carbocycles. The molecule has 2 aliphatic rings. The normalized spacial score (nSPS) is 20.2. The second-order valence-corrected chi connectivity index (χ2v) is 7.26. The van der Waals surface area contributed by atoms with E-state index in [-0.39, 0.29) is 23.7 Å². The van der Waals surface area contributed by atoms with Crippen molar-refractivity contribution in [2.75, 3.05) is 18.0 Å². The van der Waals surface area contributed by atoms with Gasteiger partial charge in [-0.15, -0.1) is 0 Å². The summed E-state index contributed by atoms with van der Waals surface area (Å²) in [5, 5.41) is 0. The van der Waals surface area contributed by atoms with E-state index in [1.54, 1.807) is 29.2 Å². The van der Waals surface area contributed by atoms with Crippen LogP contribution in [-0.2, 0) is 4.79 Å². The Morgan fingerprint density at radius 2 is 1.67 bits per heavy atom. The highest BCUT2D eigenvalue weighted by Gasteiger charge is 2.29. The van der Waals surface area contributed by atoms with Gasteiger partial charge in [-0.3, -0.25) is 9.59 Å². The van der Waals surface area contributed by atoms with Crippen LogP contribution in [0.2, 0.25) is 0 Å². The summed E-state index contributed by atoms with van der Waals surface area (Å²) in [5.74, 6) is -0.135. The molecule has 0 spiro atoms. The van der Waals surface area contributed by atoms with Gasteiger partial charge in [-0.05, 0) is 67.6 Å². The average molecular weight is 366 g/mol. The zero-order valence-electron chi connectivity index (χ0n) is 15.2. The number of amides is 2. The summed E-state index contributed by atoms with van der Waals surface area (Å²) >= 11 is 0. The first-order chi connectivity index (χ1) is 13.1. The maximum absolute atomic E-state index is 13.3. The van der Waals surface area contributed by atoms with Gasteiger partial charge in [-0.2, -0.15) is 0 Å². The Morgan fingerprint density at radius 1 is 0.926 bits per heavy atom. The largest absolute Gasteiger partial charge is 0.332 e. The third-order valence-electron chi connectivity index (χ3n) is 5.52. The lowest BCUT2D eigenvalue weighted by atomic mass is 9.94. The number of piperidine rings is 1. The average Bonchev–Trinajstić information content (AvgIpc) is 3.14. The summed E-state index contributed by atoms with van der Waals surface area (Å²) in [6.45, 7) is 1.44. The summed E-state index contributed by atoms with van der Waals surface area (Å²) in [5.41, 5.74) is 2.45. The molecule has 4 nitrogen and oxygen atoms in total. The zero-order valence-corrected chi connectivity index (χ0v) is 15.2. The highest BCUT2D eigenvalue weighted by atomic mass is 19.1. The molecule has 2 amide bonds. The van der Waals surface area contributed by atoms with Crippen molar-refractivity contribution in [2.24, 2.45) is 0 Å². The molecule has 2 aliphatic heterocycles. The van der Waals surface area contributed by atoms with Gasteiger partial charge in [0.15, 0.2) is 0 Å². The van der Waals surface area contributed by atoms with Crippen LogP contribution in [0.15, 0.2) is 48.5 Å². The molecule has 0 radical (unpaired) electrons. The van der Waals surface area contributed by atoms with Crippen molar-refractivity contribution in [3.63, 3.8) is 0 Å². The van der Waals surface area contributed by atoms with Crippen molar-refractivity contribution in [2.45, 2.75) is 38.1 Å². The molecule has 0 unspecified atom stereocenters. The molecule has 0 saturated carbocycles. The first kappa shape index (κ1) is 17.7. The predicted octanol–water partition coefficient (Wildman–Crippen LogP) is 4.32. The number of hydrogen-bond donors (Lipinski definition) is 0. The Morgan fingerprint density at radius 3 is 2.33 bits per heavy atom. The first-order valence-electron chi connectivity index (χ1n) is 9.60. The molecule has 27 heavy (non-hydrogen) atoms. The smallest absolute Gasteiger partial charge is 0.254 e. The van der Waals surface area contributed by atoms with Crippen LogP contribution in [-0.4, -0.2) is 29.8 Å². The van der Waals surface area contributed by atoms with E-state index in [1.807, 2.05) is 17.0 Å². The Hall–Kier alpha value is -2.69. The molecule has 1 atom stereocenters. The van der Waals surface area contributed by atoms with Crippen LogP contribution in [0.1, 0.15) is 54.1 Å². The van der Waals surface area contributed by atoms with Gasteiger partial charge < -0.3 is 9.80 Å². The van der Waals surface area contributed by atoms with Crippen LogP contribution in [0.25, 0.3) is 0 Å². The van der Waals surface area contributed by atoms with E-state index in [0.29, 0.717) is 18.5 Å². The van der Waals surface area contributed by atoms with E-state index < -0.39 is 0 Å². The maximum Gasteiger partial charge on any atom is 0.254 e. The summed E-state index contributed by atoms with van der Waals surface area (Å²) in [4.78, 5) is 28.7. The van der Waals surface area contributed by atoms with Crippen LogP contribution in [0.5, 0.6) is 0 Å². The lowest BCUT2D eigenvalue weighted by Gasteiger charge is -2.36. The molecule has 0 N–H and O–H groups in total. The molecule has 2 fully saturated rings. The third kappa shape index (κ3) is 3.59. The summed E-state index contributed by atoms with van der Waals surface area (Å²) in [6, 6.07) is 13.7. The van der Waals surface area contributed by atoms with Crippen LogP contribution in [0, 0.1) is 5.82 Å². The topological polar surface area (TPSA) is 40.6 Å². The number of hydrogen-bond acceptors (Lipinski definition) is 2. The van der Waals surface area contributed by atoms with Gasteiger partial charge in [-0.25, -0.2) is 4.39 Å². The Labute approximate surface area is 158 Å². The number of carbonyl (C=O) groups is 2. The van der Waals surface area contributed by atoms with Crippen molar-refractivity contribution in [3.8, 4) is 0 Å². The van der Waals surface area contributed by atoms with Crippen molar-refractivity contribution in [3.05, 3.63) is 65.5 Å². The van der Waals surface area contributed by atoms with Gasteiger partial charge in [0.2, 0.25) is 5.91 Å². The van der Waals surface area contributed by atoms with Gasteiger partial charge in [0.1, 0.15) is 5.82 Å². The predicted molar refractivity (Wildman–Crippen MR) is 102 cm³/mol. The number of rotatable bonds is 3. The highest BCUT2D eigenvalue weighted by Crippen LogP contribution is 2.32. The second kappa shape index (κ2) is 7.51. The Kier molecular flexibility index (Phi) is 4.92. The van der Waals surface area contributed by atoms with Gasteiger partial charge in [-0.1, -0.05) is 12.1 Å². The van der Waals surface area contributed by atoms with Crippen LogP contribution in [0.3, 0.4) is 0 Å². The first-order valence-corrected chi connectivity index (χ1v) is 9.60. The van der Waals surface area contributed by atoms with Crippen LogP contribution < -0.4 is 4.90 Å². The minimum atomic E-state index is -0.264. The summed E-state index contributed by atoms with van der Waals surface area (Å²) in [6.07, 6.45) is 4.39. The van der Waals surface area contributed by atoms with E-state index in [9.17, 15) is 14.0 Å². The molecule has 2 saturated heterocycles. The SMILES string of the molecule is O=C1CCCN1c1ccc(C(=O)N2CCCC[C@@H]2c2ccc(F)cc2)cc1. The molecule has 2 aromatic rings. The molecule has 0 bridgehead atoms. The summed E-state index contributed by atoms with van der Waals surface area (Å²) < 4.78 is 13.3. The minimum absolute atomic E-state index is 0.0108. The van der Waals surface area contributed by atoms with Gasteiger partial charge in [0, 0.05) is 30.8 Å². The van der Waals surface area contributed by atoms with E-state index >= 15 is 0 Å². The second-order valence-electron chi connectivity index (χ2n) is 7.26. The number of benzene rings is 2. The van der Waals surface area contributed by atoms with Crippen molar-refractivity contribution >= 4 is 17.5 Å². The fraction of sp³-hybridized carbons (Fsp3) is 0.364. The Balaban J connectivity index is 1.54. The van der Waals surface area contributed by atoms with Crippen LogP contribution in [0.4, 0.5) is 10.1 Å². The molecule has 0 aromatic heterocycles. The molecule has 140 valence electrons. The fourth-order valence-corrected chi connectivity index (χ4v) is 4.08. The monoisotopic (exact) mass is 366 g/mol. The highest BCUT2D eigenvalue weighted by molar-refractivity contribution is 5.97. The molecular weight excluding hydrogens is 343 g/mol. The molecule has 4 rings (SSSR count). The minimum Gasteiger partial charge on any atom is -0.332 e. The number of nitrogens with zero attached hydrogens (tertiary/aromatic N) is 2. The maximum atomic E-state index is 13.3. The number of carbonyl (C=O) groups excluding carboxylic acids is 2. The van der Waals surface area contributed by atoms with E-state index in [0.717, 1.165) is 43.5 Å². The van der Waals surface area contributed by atoms with Crippen molar-refractivity contribution < 1.29 is 14.0 Å². The molecule has 2 heterocycles. The quantitative estimate of drug-likeness (QED) is 0.812. The molecule has 5 heteroatoms. The summed E-state index contributed by atoms with van der Waals surface area (Å²) in [7, 11) is 0.